The van der Waals surface area contributed by atoms with Crippen LogP contribution in [0.15, 0.2) is 0 Å². The molecule has 0 saturated heterocycles. The predicted octanol–water partition coefficient (Wildman–Crippen LogP) is 3.49. The fraction of sp³-hybridized carbons (Fsp3) is 0.786. The topological polar surface area (TPSA) is 38.1 Å². The van der Waals surface area contributed by atoms with Crippen LogP contribution in [0.25, 0.3) is 0 Å². The Balaban J connectivity index is 3.26. The van der Waals surface area contributed by atoms with Gasteiger partial charge in [0, 0.05) is 17.5 Å². The summed E-state index contributed by atoms with van der Waals surface area (Å²) in [6, 6.07) is 0. The van der Waals surface area contributed by atoms with Crippen molar-refractivity contribution < 1.29 is 5.11 Å². The molecule has 0 saturated carbocycles. The van der Waals surface area contributed by atoms with Crippen LogP contribution in [0.3, 0.4) is 0 Å². The molecule has 1 heterocycles. The Bertz CT molecular complexity index is 372. The summed E-state index contributed by atoms with van der Waals surface area (Å²) in [5.41, 5.74) is 2.24. The average Bonchev–Trinajstić information content (AvgIpc) is 2.41. The standard InChI is InChI=1S/C14H26N2O/c1-7-8-11-12(14(4,5)6)16(9-10(2)3)15-13(11)17/h10H,7-9H2,1-6H3,(H,15,17). The minimum absolute atomic E-state index is 0.0212. The van der Waals surface area contributed by atoms with Gasteiger partial charge in [-0.25, -0.2) is 0 Å². The van der Waals surface area contributed by atoms with E-state index >= 15 is 0 Å². The molecule has 0 radical (unpaired) electrons. The third-order valence-corrected chi connectivity index (χ3v) is 2.78. The molecule has 0 unspecified atom stereocenters. The molecule has 1 rings (SSSR count). The van der Waals surface area contributed by atoms with Crippen molar-refractivity contribution in [2.45, 2.75) is 66.3 Å². The maximum Gasteiger partial charge on any atom is 0.233 e. The number of hydrogen-bond donors (Lipinski definition) is 1. The van der Waals surface area contributed by atoms with Crippen molar-refractivity contribution >= 4 is 0 Å². The summed E-state index contributed by atoms with van der Waals surface area (Å²) in [6.45, 7) is 13.9. The molecule has 1 N–H and O–H groups in total. The number of aromatic hydroxyl groups is 1. The number of nitrogens with zero attached hydrogens (tertiary/aromatic N) is 2. The van der Waals surface area contributed by atoms with Crippen molar-refractivity contribution in [2.75, 3.05) is 0 Å². The Morgan fingerprint density at radius 3 is 2.29 bits per heavy atom. The van der Waals surface area contributed by atoms with Crippen molar-refractivity contribution in [1.82, 2.24) is 9.78 Å². The van der Waals surface area contributed by atoms with Gasteiger partial charge in [0.1, 0.15) is 0 Å². The van der Waals surface area contributed by atoms with Gasteiger partial charge in [-0.05, 0) is 12.3 Å². The Hall–Kier alpha value is -0.990. The van der Waals surface area contributed by atoms with Crippen LogP contribution in [0.5, 0.6) is 5.88 Å². The molecule has 1 aromatic rings. The summed E-state index contributed by atoms with van der Waals surface area (Å²) in [5, 5.41) is 14.3. The smallest absolute Gasteiger partial charge is 0.233 e. The lowest BCUT2D eigenvalue weighted by atomic mass is 9.87. The molecule has 0 atom stereocenters. The number of rotatable bonds is 4. The van der Waals surface area contributed by atoms with Crippen LogP contribution in [0.2, 0.25) is 0 Å². The van der Waals surface area contributed by atoms with Crippen molar-refractivity contribution in [3.8, 4) is 5.88 Å². The number of hydrogen-bond acceptors (Lipinski definition) is 2. The summed E-state index contributed by atoms with van der Waals surface area (Å²) in [4.78, 5) is 0. The molecule has 3 nitrogen and oxygen atoms in total. The van der Waals surface area contributed by atoms with Crippen molar-refractivity contribution in [3.63, 3.8) is 0 Å². The van der Waals surface area contributed by atoms with Gasteiger partial charge >= 0.3 is 0 Å². The van der Waals surface area contributed by atoms with Crippen LogP contribution >= 0.6 is 0 Å². The molecule has 0 spiro atoms. The minimum Gasteiger partial charge on any atom is -0.492 e. The highest BCUT2D eigenvalue weighted by Gasteiger charge is 2.26. The zero-order valence-electron chi connectivity index (χ0n) is 12.0. The molecule has 0 aliphatic carbocycles. The van der Waals surface area contributed by atoms with E-state index in [4.69, 9.17) is 0 Å². The highest BCUT2D eigenvalue weighted by molar-refractivity contribution is 5.35. The molecular formula is C14H26N2O. The minimum atomic E-state index is 0.0212. The molecule has 0 aliphatic heterocycles. The first-order valence-corrected chi connectivity index (χ1v) is 6.56. The van der Waals surface area contributed by atoms with Gasteiger partial charge in [-0.1, -0.05) is 48.0 Å². The van der Waals surface area contributed by atoms with Crippen LogP contribution < -0.4 is 0 Å². The Labute approximate surface area is 105 Å². The van der Waals surface area contributed by atoms with Crippen LogP contribution in [-0.2, 0) is 18.4 Å². The van der Waals surface area contributed by atoms with Crippen LogP contribution in [0.4, 0.5) is 0 Å². The van der Waals surface area contributed by atoms with E-state index in [0.29, 0.717) is 5.92 Å². The highest BCUT2D eigenvalue weighted by Crippen LogP contribution is 2.32. The summed E-state index contributed by atoms with van der Waals surface area (Å²) >= 11 is 0. The average molecular weight is 238 g/mol. The summed E-state index contributed by atoms with van der Waals surface area (Å²) < 4.78 is 1.99. The zero-order chi connectivity index (χ0) is 13.2. The molecule has 0 aromatic carbocycles. The van der Waals surface area contributed by atoms with E-state index in [-0.39, 0.29) is 11.3 Å². The summed E-state index contributed by atoms with van der Waals surface area (Å²) in [6.07, 6.45) is 1.93. The van der Waals surface area contributed by atoms with Crippen LogP contribution in [-0.4, -0.2) is 14.9 Å². The SMILES string of the molecule is CCCc1c(O)nn(CC(C)C)c1C(C)(C)C. The Morgan fingerprint density at radius 1 is 1.29 bits per heavy atom. The van der Waals surface area contributed by atoms with Crippen molar-refractivity contribution in [1.29, 1.82) is 0 Å². The molecule has 0 bridgehead atoms. The van der Waals surface area contributed by atoms with Gasteiger partial charge in [0.25, 0.3) is 0 Å². The predicted molar refractivity (Wildman–Crippen MR) is 71.4 cm³/mol. The zero-order valence-corrected chi connectivity index (χ0v) is 12.0. The van der Waals surface area contributed by atoms with Gasteiger partial charge in [0.05, 0.1) is 5.69 Å². The quantitative estimate of drug-likeness (QED) is 0.872. The fourth-order valence-electron chi connectivity index (χ4n) is 2.28. The Morgan fingerprint density at radius 2 is 1.88 bits per heavy atom. The first kappa shape index (κ1) is 14.1. The molecule has 0 aliphatic rings. The third kappa shape index (κ3) is 3.24. The highest BCUT2D eigenvalue weighted by atomic mass is 16.3. The lowest BCUT2D eigenvalue weighted by molar-refractivity contribution is 0.402. The van der Waals surface area contributed by atoms with Crippen molar-refractivity contribution in [2.24, 2.45) is 5.92 Å². The van der Waals surface area contributed by atoms with Crippen molar-refractivity contribution in [3.05, 3.63) is 11.3 Å². The lowest BCUT2D eigenvalue weighted by Crippen LogP contribution is -2.21. The molecule has 3 heteroatoms. The molecule has 0 fully saturated rings. The first-order chi connectivity index (χ1) is 7.77. The monoisotopic (exact) mass is 238 g/mol. The van der Waals surface area contributed by atoms with Gasteiger partial charge in [-0.3, -0.25) is 4.68 Å². The number of aromatic nitrogens is 2. The van der Waals surface area contributed by atoms with E-state index in [0.717, 1.165) is 24.9 Å². The van der Waals surface area contributed by atoms with Crippen LogP contribution in [0.1, 0.15) is 59.2 Å². The van der Waals surface area contributed by atoms with E-state index < -0.39 is 0 Å². The van der Waals surface area contributed by atoms with Gasteiger partial charge < -0.3 is 5.11 Å². The molecular weight excluding hydrogens is 212 g/mol. The second-order valence-corrected chi connectivity index (χ2v) is 6.23. The van der Waals surface area contributed by atoms with E-state index in [1.807, 2.05) is 4.68 Å². The van der Waals surface area contributed by atoms with E-state index in [1.165, 1.54) is 5.69 Å². The summed E-state index contributed by atoms with van der Waals surface area (Å²) in [7, 11) is 0. The normalized spacial score (nSPS) is 12.4. The summed E-state index contributed by atoms with van der Waals surface area (Å²) in [5.74, 6) is 0.752. The van der Waals surface area contributed by atoms with E-state index in [9.17, 15) is 5.11 Å². The van der Waals surface area contributed by atoms with Gasteiger partial charge in [0.15, 0.2) is 0 Å². The van der Waals surface area contributed by atoms with E-state index in [1.54, 1.807) is 0 Å². The van der Waals surface area contributed by atoms with Crippen LogP contribution in [0, 0.1) is 5.92 Å². The van der Waals surface area contributed by atoms with E-state index in [2.05, 4.69) is 46.6 Å². The maximum atomic E-state index is 9.99. The Kier molecular flexibility index (Phi) is 4.23. The molecule has 17 heavy (non-hydrogen) atoms. The fourth-order valence-corrected chi connectivity index (χ4v) is 2.28. The maximum absolute atomic E-state index is 9.99. The molecule has 0 amide bonds. The molecule has 98 valence electrons. The second-order valence-electron chi connectivity index (χ2n) is 6.23. The van der Waals surface area contributed by atoms with Gasteiger partial charge in [0.2, 0.25) is 5.88 Å². The third-order valence-electron chi connectivity index (χ3n) is 2.78. The van der Waals surface area contributed by atoms with Gasteiger partial charge in [-0.15, -0.1) is 5.10 Å². The molecule has 1 aromatic heterocycles. The lowest BCUT2D eigenvalue weighted by Gasteiger charge is -2.23. The van der Waals surface area contributed by atoms with Gasteiger partial charge in [-0.2, -0.15) is 0 Å². The first-order valence-electron chi connectivity index (χ1n) is 6.56. The second kappa shape index (κ2) is 5.11. The largest absolute Gasteiger partial charge is 0.492 e.